The van der Waals surface area contributed by atoms with Crippen molar-refractivity contribution in [2.24, 2.45) is 5.92 Å². The second-order valence-electron chi connectivity index (χ2n) is 4.89. The van der Waals surface area contributed by atoms with E-state index in [2.05, 4.69) is 5.32 Å². The van der Waals surface area contributed by atoms with Gasteiger partial charge in [0.2, 0.25) is 0 Å². The third-order valence-electron chi connectivity index (χ3n) is 3.37. The van der Waals surface area contributed by atoms with Gasteiger partial charge in [-0.1, -0.05) is 18.6 Å². The van der Waals surface area contributed by atoms with Crippen molar-refractivity contribution < 1.29 is 4.39 Å². The molecule has 1 aromatic rings. The second-order valence-corrected chi connectivity index (χ2v) is 5.51. The first-order valence-corrected chi connectivity index (χ1v) is 6.77. The minimum absolute atomic E-state index is 0.164. The maximum absolute atomic E-state index is 13.0. The molecule has 1 saturated carbocycles. The summed E-state index contributed by atoms with van der Waals surface area (Å²) in [5, 5.41) is 3.75. The third kappa shape index (κ3) is 4.29. The van der Waals surface area contributed by atoms with Crippen LogP contribution in [0, 0.1) is 11.7 Å². The summed E-state index contributed by atoms with van der Waals surface area (Å²) in [5.74, 6) is 0.516. The van der Waals surface area contributed by atoms with E-state index in [1.54, 1.807) is 12.1 Å². The van der Waals surface area contributed by atoms with Gasteiger partial charge < -0.3 is 5.32 Å². The molecule has 0 heterocycles. The van der Waals surface area contributed by atoms with Crippen molar-refractivity contribution in [3.63, 3.8) is 0 Å². The second kappa shape index (κ2) is 6.36. The van der Waals surface area contributed by atoms with E-state index in [-0.39, 0.29) is 5.82 Å². The summed E-state index contributed by atoms with van der Waals surface area (Å²) in [6.45, 7) is 1.72. The zero-order valence-corrected chi connectivity index (χ0v) is 10.7. The molecule has 3 heteroatoms. The molecule has 2 unspecified atom stereocenters. The van der Waals surface area contributed by atoms with E-state index in [1.165, 1.54) is 18.9 Å². The predicted molar refractivity (Wildman–Crippen MR) is 69.7 cm³/mol. The normalized spacial score (nSPS) is 24.8. The monoisotopic (exact) mass is 255 g/mol. The van der Waals surface area contributed by atoms with Gasteiger partial charge in [0, 0.05) is 11.9 Å². The molecule has 0 aromatic heterocycles. The lowest BCUT2D eigenvalue weighted by Gasteiger charge is -2.25. The Morgan fingerprint density at radius 3 is 3.00 bits per heavy atom. The number of rotatable bonds is 4. The average Bonchev–Trinajstić information content (AvgIpc) is 2.29. The molecule has 0 saturated heterocycles. The number of hydrogen-bond acceptors (Lipinski definition) is 1. The molecule has 1 aromatic carbocycles. The lowest BCUT2D eigenvalue weighted by atomic mass is 9.89. The van der Waals surface area contributed by atoms with Crippen LogP contribution in [0.2, 0.25) is 0 Å². The van der Waals surface area contributed by atoms with Gasteiger partial charge in [0.1, 0.15) is 5.82 Å². The van der Waals surface area contributed by atoms with Gasteiger partial charge in [0.25, 0.3) is 0 Å². The largest absolute Gasteiger partial charge is 0.312 e. The molecule has 0 spiro atoms. The zero-order valence-electron chi connectivity index (χ0n) is 9.96. The van der Waals surface area contributed by atoms with E-state index in [1.807, 2.05) is 6.07 Å². The first-order valence-electron chi connectivity index (χ1n) is 6.33. The van der Waals surface area contributed by atoms with Crippen molar-refractivity contribution in [3.05, 3.63) is 35.6 Å². The summed E-state index contributed by atoms with van der Waals surface area (Å²) in [7, 11) is 0. The van der Waals surface area contributed by atoms with Gasteiger partial charge in [-0.3, -0.25) is 0 Å². The quantitative estimate of drug-likeness (QED) is 0.809. The minimum atomic E-state index is -0.164. The molecular formula is C14H19ClFN. The number of nitrogens with one attached hydrogen (secondary N) is 1. The van der Waals surface area contributed by atoms with E-state index in [0.717, 1.165) is 31.5 Å². The van der Waals surface area contributed by atoms with Gasteiger partial charge in [-0.05, 0) is 49.4 Å². The fourth-order valence-electron chi connectivity index (χ4n) is 2.48. The van der Waals surface area contributed by atoms with Crippen LogP contribution in [0.5, 0.6) is 0 Å². The Hall–Kier alpha value is -0.600. The molecule has 0 aliphatic heterocycles. The molecule has 17 heavy (non-hydrogen) atoms. The predicted octanol–water partition coefficient (Wildman–Crippen LogP) is 3.71. The van der Waals surface area contributed by atoms with E-state index in [9.17, 15) is 4.39 Å². The molecule has 0 bridgehead atoms. The van der Waals surface area contributed by atoms with Crippen LogP contribution in [-0.2, 0) is 6.54 Å². The first-order chi connectivity index (χ1) is 8.24. The van der Waals surface area contributed by atoms with Gasteiger partial charge in [-0.2, -0.15) is 0 Å². The summed E-state index contributed by atoms with van der Waals surface area (Å²) in [6.07, 6.45) is 4.76. The smallest absolute Gasteiger partial charge is 0.123 e. The first kappa shape index (κ1) is 12.8. The summed E-state index contributed by atoms with van der Waals surface area (Å²) < 4.78 is 13.0. The topological polar surface area (TPSA) is 12.0 Å². The maximum atomic E-state index is 13.0. The molecule has 1 N–H and O–H groups in total. The van der Waals surface area contributed by atoms with Crippen LogP contribution in [0.3, 0.4) is 0 Å². The maximum Gasteiger partial charge on any atom is 0.123 e. The van der Waals surface area contributed by atoms with Crippen LogP contribution in [0.15, 0.2) is 24.3 Å². The summed E-state index contributed by atoms with van der Waals surface area (Å²) in [6, 6.07) is 6.75. The van der Waals surface area contributed by atoms with Crippen LogP contribution in [0.4, 0.5) is 4.39 Å². The van der Waals surface area contributed by atoms with E-state index in [0.29, 0.717) is 11.3 Å². The Kier molecular flexibility index (Phi) is 4.81. The number of halogens is 2. The van der Waals surface area contributed by atoms with Gasteiger partial charge in [-0.15, -0.1) is 11.6 Å². The Morgan fingerprint density at radius 2 is 2.24 bits per heavy atom. The molecule has 1 fully saturated rings. The van der Waals surface area contributed by atoms with Crippen molar-refractivity contribution in [1.82, 2.24) is 5.32 Å². The van der Waals surface area contributed by atoms with Crippen molar-refractivity contribution in [2.75, 3.05) is 6.54 Å². The standard InChI is InChI=1S/C14H19ClFN/c15-13-5-1-3-11(7-13)9-17-10-12-4-2-6-14(16)8-12/h2,4,6,8,11,13,17H,1,3,5,7,9-10H2. The highest BCUT2D eigenvalue weighted by Gasteiger charge is 2.19. The van der Waals surface area contributed by atoms with Crippen molar-refractivity contribution in [1.29, 1.82) is 0 Å². The van der Waals surface area contributed by atoms with Crippen molar-refractivity contribution in [3.8, 4) is 0 Å². The van der Waals surface area contributed by atoms with Crippen molar-refractivity contribution in [2.45, 2.75) is 37.6 Å². The summed E-state index contributed by atoms with van der Waals surface area (Å²) >= 11 is 6.15. The highest BCUT2D eigenvalue weighted by Crippen LogP contribution is 2.27. The minimum Gasteiger partial charge on any atom is -0.312 e. The Labute approximate surface area is 107 Å². The fraction of sp³-hybridized carbons (Fsp3) is 0.571. The number of hydrogen-bond donors (Lipinski definition) is 1. The number of benzene rings is 1. The SMILES string of the molecule is Fc1cccc(CNCC2CCCC(Cl)C2)c1. The number of alkyl halides is 1. The van der Waals surface area contributed by atoms with Crippen LogP contribution in [0.1, 0.15) is 31.2 Å². The molecule has 2 atom stereocenters. The van der Waals surface area contributed by atoms with Crippen LogP contribution in [-0.4, -0.2) is 11.9 Å². The van der Waals surface area contributed by atoms with Gasteiger partial charge >= 0.3 is 0 Å². The van der Waals surface area contributed by atoms with E-state index in [4.69, 9.17) is 11.6 Å². The van der Waals surface area contributed by atoms with Gasteiger partial charge in [-0.25, -0.2) is 4.39 Å². The van der Waals surface area contributed by atoms with Crippen LogP contribution >= 0.6 is 11.6 Å². The Balaban J connectivity index is 1.72. The van der Waals surface area contributed by atoms with E-state index >= 15 is 0 Å². The molecule has 0 amide bonds. The molecule has 2 rings (SSSR count). The highest BCUT2D eigenvalue weighted by molar-refractivity contribution is 6.20. The van der Waals surface area contributed by atoms with Crippen LogP contribution in [0.25, 0.3) is 0 Å². The molecule has 94 valence electrons. The molecule has 1 aliphatic carbocycles. The third-order valence-corrected chi connectivity index (χ3v) is 3.77. The lowest BCUT2D eigenvalue weighted by molar-refractivity contribution is 0.346. The van der Waals surface area contributed by atoms with Gasteiger partial charge in [0.05, 0.1) is 0 Å². The molecule has 0 radical (unpaired) electrons. The van der Waals surface area contributed by atoms with E-state index < -0.39 is 0 Å². The molecular weight excluding hydrogens is 237 g/mol. The zero-order chi connectivity index (χ0) is 12.1. The highest BCUT2D eigenvalue weighted by atomic mass is 35.5. The van der Waals surface area contributed by atoms with Gasteiger partial charge in [0.15, 0.2) is 0 Å². The Bertz CT molecular complexity index is 356. The summed E-state index contributed by atoms with van der Waals surface area (Å²) in [4.78, 5) is 0. The Morgan fingerprint density at radius 1 is 1.35 bits per heavy atom. The average molecular weight is 256 g/mol. The summed E-state index contributed by atoms with van der Waals surface area (Å²) in [5.41, 5.74) is 1.00. The van der Waals surface area contributed by atoms with Crippen LogP contribution < -0.4 is 5.32 Å². The fourth-order valence-corrected chi connectivity index (χ4v) is 2.88. The molecule has 1 nitrogen and oxygen atoms in total. The lowest BCUT2D eigenvalue weighted by Crippen LogP contribution is -2.27. The van der Waals surface area contributed by atoms with Crippen molar-refractivity contribution >= 4 is 11.6 Å². The molecule has 1 aliphatic rings.